The van der Waals surface area contributed by atoms with Crippen LogP contribution in [-0.2, 0) is 36.9 Å². The topological polar surface area (TPSA) is 66.4 Å². The van der Waals surface area contributed by atoms with Crippen molar-refractivity contribution in [3.05, 3.63) is 71.8 Å². The van der Waals surface area contributed by atoms with E-state index in [0.29, 0.717) is 19.8 Å². The van der Waals surface area contributed by atoms with Gasteiger partial charge in [-0.25, -0.2) is 0 Å². The number of benzene rings is 2. The molecule has 0 aromatic heterocycles. The summed E-state index contributed by atoms with van der Waals surface area (Å²) in [5.41, 5.74) is 2.07. The maximum absolute atomic E-state index is 10.5. The zero-order valence-corrected chi connectivity index (χ0v) is 15.8. The van der Waals surface area contributed by atoms with Crippen LogP contribution in [0.1, 0.15) is 18.1 Å². The summed E-state index contributed by atoms with van der Waals surface area (Å²) in [5, 5.41) is 10.5. The molecule has 2 aliphatic rings. The third kappa shape index (κ3) is 4.60. The molecule has 0 amide bonds. The highest BCUT2D eigenvalue weighted by molar-refractivity contribution is 5.14. The van der Waals surface area contributed by atoms with Crippen LogP contribution in [0.15, 0.2) is 60.7 Å². The van der Waals surface area contributed by atoms with Crippen molar-refractivity contribution in [1.29, 1.82) is 0 Å². The molecule has 28 heavy (non-hydrogen) atoms. The molecule has 2 heterocycles. The van der Waals surface area contributed by atoms with Crippen LogP contribution < -0.4 is 0 Å². The van der Waals surface area contributed by atoms with E-state index in [0.717, 1.165) is 11.1 Å². The van der Waals surface area contributed by atoms with Crippen LogP contribution >= 0.6 is 0 Å². The summed E-state index contributed by atoms with van der Waals surface area (Å²) < 4.78 is 29.3. The lowest BCUT2D eigenvalue weighted by molar-refractivity contribution is -0.161. The van der Waals surface area contributed by atoms with Gasteiger partial charge in [-0.2, -0.15) is 0 Å². The molecule has 150 valence electrons. The van der Waals surface area contributed by atoms with Crippen molar-refractivity contribution in [3.63, 3.8) is 0 Å². The third-order valence-corrected chi connectivity index (χ3v) is 5.02. The summed E-state index contributed by atoms with van der Waals surface area (Å²) in [4.78, 5) is 0. The van der Waals surface area contributed by atoms with Gasteiger partial charge in [0.25, 0.3) is 0 Å². The number of ether oxygens (including phenoxy) is 5. The molecule has 2 aromatic rings. The van der Waals surface area contributed by atoms with Crippen molar-refractivity contribution in [2.45, 2.75) is 57.1 Å². The molecule has 2 saturated heterocycles. The van der Waals surface area contributed by atoms with E-state index in [1.807, 2.05) is 67.6 Å². The number of rotatable bonds is 7. The van der Waals surface area contributed by atoms with E-state index < -0.39 is 24.6 Å². The molecular weight excluding hydrogens is 360 g/mol. The SMILES string of the molecule is CC1OC[C@H]([C@H]2OC(O)[C@H](OCc3ccccc3)[C@@H]2OCc2ccccc2)O1. The van der Waals surface area contributed by atoms with Gasteiger partial charge in [0.2, 0.25) is 0 Å². The van der Waals surface area contributed by atoms with Gasteiger partial charge < -0.3 is 28.8 Å². The average Bonchev–Trinajstić information content (AvgIpc) is 3.29. The Morgan fingerprint density at radius 1 is 0.857 bits per heavy atom. The summed E-state index contributed by atoms with van der Waals surface area (Å²) in [6, 6.07) is 19.7. The lowest BCUT2D eigenvalue weighted by atomic mass is 10.1. The van der Waals surface area contributed by atoms with Gasteiger partial charge in [0.05, 0.1) is 19.8 Å². The van der Waals surface area contributed by atoms with E-state index in [1.165, 1.54) is 0 Å². The number of hydrogen-bond donors (Lipinski definition) is 1. The molecule has 6 nitrogen and oxygen atoms in total. The van der Waals surface area contributed by atoms with Crippen LogP contribution in [0.3, 0.4) is 0 Å². The van der Waals surface area contributed by atoms with Gasteiger partial charge in [0, 0.05) is 0 Å². The highest BCUT2D eigenvalue weighted by atomic mass is 16.7. The maximum Gasteiger partial charge on any atom is 0.184 e. The molecule has 0 bridgehead atoms. The van der Waals surface area contributed by atoms with E-state index in [2.05, 4.69) is 0 Å². The predicted octanol–water partition coefficient (Wildman–Crippen LogP) is 2.64. The minimum Gasteiger partial charge on any atom is -0.368 e. The van der Waals surface area contributed by atoms with Crippen LogP contribution in [0.25, 0.3) is 0 Å². The van der Waals surface area contributed by atoms with E-state index in [9.17, 15) is 5.11 Å². The average molecular weight is 386 g/mol. The van der Waals surface area contributed by atoms with E-state index in [-0.39, 0.29) is 12.4 Å². The highest BCUT2D eigenvalue weighted by Gasteiger charge is 2.51. The number of hydrogen-bond acceptors (Lipinski definition) is 6. The second-order valence-corrected chi connectivity index (χ2v) is 7.09. The Bertz CT molecular complexity index is 724. The summed E-state index contributed by atoms with van der Waals surface area (Å²) in [7, 11) is 0. The molecule has 0 aliphatic carbocycles. The normalized spacial score (nSPS) is 32.6. The number of aliphatic hydroxyl groups is 1. The predicted molar refractivity (Wildman–Crippen MR) is 101 cm³/mol. The molecule has 2 fully saturated rings. The summed E-state index contributed by atoms with van der Waals surface area (Å²) in [6.45, 7) is 3.00. The molecular formula is C22H26O6. The van der Waals surface area contributed by atoms with Crippen molar-refractivity contribution in [1.82, 2.24) is 0 Å². The molecule has 2 aliphatic heterocycles. The van der Waals surface area contributed by atoms with E-state index >= 15 is 0 Å². The van der Waals surface area contributed by atoms with Gasteiger partial charge in [-0.1, -0.05) is 60.7 Å². The van der Waals surface area contributed by atoms with E-state index in [4.69, 9.17) is 23.7 Å². The van der Waals surface area contributed by atoms with Crippen LogP contribution in [0, 0.1) is 0 Å². The molecule has 1 N–H and O–H groups in total. The molecule has 0 spiro atoms. The lowest BCUT2D eigenvalue weighted by Gasteiger charge is -2.26. The third-order valence-electron chi connectivity index (χ3n) is 5.02. The van der Waals surface area contributed by atoms with Crippen molar-refractivity contribution in [2.24, 2.45) is 0 Å². The van der Waals surface area contributed by atoms with Crippen molar-refractivity contribution in [2.75, 3.05) is 6.61 Å². The van der Waals surface area contributed by atoms with Gasteiger partial charge >= 0.3 is 0 Å². The monoisotopic (exact) mass is 386 g/mol. The number of aliphatic hydroxyl groups excluding tert-OH is 1. The standard InChI is InChI=1S/C22H26O6/c1-15-24-14-18(27-15)19-20(25-12-16-8-4-2-5-9-16)21(22(23)28-19)26-13-17-10-6-3-7-11-17/h2-11,15,18-23H,12-14H2,1H3/t15?,18-,19-,20-,21-,22?/m1/s1. The Morgan fingerprint density at radius 3 is 1.96 bits per heavy atom. The first-order valence-electron chi connectivity index (χ1n) is 9.62. The molecule has 4 rings (SSSR count). The maximum atomic E-state index is 10.5. The zero-order chi connectivity index (χ0) is 19.3. The Kier molecular flexibility index (Phi) is 6.36. The van der Waals surface area contributed by atoms with Crippen molar-refractivity contribution >= 4 is 0 Å². The zero-order valence-electron chi connectivity index (χ0n) is 15.8. The smallest absolute Gasteiger partial charge is 0.184 e. The minimum atomic E-state index is -1.09. The fourth-order valence-corrected chi connectivity index (χ4v) is 3.59. The quantitative estimate of drug-likeness (QED) is 0.789. The lowest BCUT2D eigenvalue weighted by Crippen LogP contribution is -2.43. The second kappa shape index (κ2) is 9.13. The summed E-state index contributed by atoms with van der Waals surface area (Å²) >= 11 is 0. The highest BCUT2D eigenvalue weighted by Crippen LogP contribution is 2.32. The van der Waals surface area contributed by atoms with Crippen molar-refractivity contribution in [3.8, 4) is 0 Å². The Hall–Kier alpha value is -1.80. The minimum absolute atomic E-state index is 0.301. The fourth-order valence-electron chi connectivity index (χ4n) is 3.59. The van der Waals surface area contributed by atoms with E-state index in [1.54, 1.807) is 0 Å². The van der Waals surface area contributed by atoms with Gasteiger partial charge in [0.15, 0.2) is 12.6 Å². The largest absolute Gasteiger partial charge is 0.368 e. The first kappa shape index (κ1) is 19.5. The molecule has 0 saturated carbocycles. The molecule has 2 unspecified atom stereocenters. The Balaban J connectivity index is 1.46. The van der Waals surface area contributed by atoms with Crippen molar-refractivity contribution < 1.29 is 28.8 Å². The van der Waals surface area contributed by atoms with Gasteiger partial charge in [0.1, 0.15) is 24.4 Å². The summed E-state index contributed by atoms with van der Waals surface area (Å²) in [6.07, 6.45) is -3.26. The van der Waals surface area contributed by atoms with Crippen LogP contribution in [-0.4, -0.2) is 48.7 Å². The second-order valence-electron chi connectivity index (χ2n) is 7.09. The van der Waals surface area contributed by atoms with Crippen LogP contribution in [0.2, 0.25) is 0 Å². The first-order chi connectivity index (χ1) is 13.7. The first-order valence-corrected chi connectivity index (χ1v) is 9.62. The Morgan fingerprint density at radius 2 is 1.43 bits per heavy atom. The van der Waals surface area contributed by atoms with Crippen LogP contribution in [0.4, 0.5) is 0 Å². The van der Waals surface area contributed by atoms with Crippen LogP contribution in [0.5, 0.6) is 0 Å². The van der Waals surface area contributed by atoms with Gasteiger partial charge in [-0.05, 0) is 18.1 Å². The Labute approximate surface area is 164 Å². The summed E-state index contributed by atoms with van der Waals surface area (Å²) in [5.74, 6) is 0. The fraction of sp³-hybridized carbons (Fsp3) is 0.455. The van der Waals surface area contributed by atoms with Gasteiger partial charge in [-0.3, -0.25) is 0 Å². The molecule has 6 heteroatoms. The molecule has 0 radical (unpaired) electrons. The van der Waals surface area contributed by atoms with Gasteiger partial charge in [-0.15, -0.1) is 0 Å². The molecule has 2 aromatic carbocycles. The molecule has 6 atom stereocenters.